The standard InChI is InChI=1S/C17H22N4O2/c1-11-4-6-21(7-5-11)16-9-15(18-10-19-16)20-17(22)14-8-12(2)23-13(14)3/h8-11H,4-7H2,1-3H3,(H,18,19,20,22). The molecule has 2 aromatic heterocycles. The predicted octanol–water partition coefficient (Wildman–Crippen LogP) is 3.18. The first kappa shape index (κ1) is 15.5. The summed E-state index contributed by atoms with van der Waals surface area (Å²) in [5.41, 5.74) is 0.537. The summed E-state index contributed by atoms with van der Waals surface area (Å²) in [6, 6.07) is 3.56. The van der Waals surface area contributed by atoms with Crippen molar-refractivity contribution < 1.29 is 9.21 Å². The third-order valence-corrected chi connectivity index (χ3v) is 4.29. The van der Waals surface area contributed by atoms with Gasteiger partial charge in [-0.3, -0.25) is 4.79 Å². The number of nitrogens with zero attached hydrogens (tertiary/aromatic N) is 3. The fraction of sp³-hybridized carbons (Fsp3) is 0.471. The normalized spacial score (nSPS) is 15.7. The van der Waals surface area contributed by atoms with Gasteiger partial charge in [0.1, 0.15) is 29.5 Å². The monoisotopic (exact) mass is 314 g/mol. The molecule has 1 aliphatic rings. The Balaban J connectivity index is 1.72. The van der Waals surface area contributed by atoms with Gasteiger partial charge in [0.05, 0.1) is 5.56 Å². The second-order valence-corrected chi connectivity index (χ2v) is 6.21. The molecule has 122 valence electrons. The molecule has 0 bridgehead atoms. The van der Waals surface area contributed by atoms with Crippen LogP contribution in [0.25, 0.3) is 0 Å². The van der Waals surface area contributed by atoms with E-state index in [2.05, 4.69) is 27.1 Å². The van der Waals surface area contributed by atoms with Crippen LogP contribution in [0, 0.1) is 19.8 Å². The fourth-order valence-corrected chi connectivity index (χ4v) is 2.87. The van der Waals surface area contributed by atoms with E-state index in [-0.39, 0.29) is 5.91 Å². The summed E-state index contributed by atoms with van der Waals surface area (Å²) in [6.07, 6.45) is 3.83. The van der Waals surface area contributed by atoms with Crippen molar-refractivity contribution in [2.45, 2.75) is 33.6 Å². The summed E-state index contributed by atoms with van der Waals surface area (Å²) >= 11 is 0. The summed E-state index contributed by atoms with van der Waals surface area (Å²) in [6.45, 7) is 7.86. The van der Waals surface area contributed by atoms with E-state index in [1.54, 1.807) is 13.0 Å². The van der Waals surface area contributed by atoms with Gasteiger partial charge < -0.3 is 14.6 Å². The van der Waals surface area contributed by atoms with Gasteiger partial charge in [-0.05, 0) is 38.7 Å². The molecule has 0 unspecified atom stereocenters. The number of carbonyl (C=O) groups excluding carboxylic acids is 1. The van der Waals surface area contributed by atoms with Gasteiger partial charge in [-0.2, -0.15) is 0 Å². The van der Waals surface area contributed by atoms with Crippen molar-refractivity contribution in [3.05, 3.63) is 35.5 Å². The number of anilines is 2. The minimum absolute atomic E-state index is 0.212. The predicted molar refractivity (Wildman–Crippen MR) is 88.8 cm³/mol. The van der Waals surface area contributed by atoms with Crippen molar-refractivity contribution in [1.82, 2.24) is 9.97 Å². The summed E-state index contributed by atoms with van der Waals surface area (Å²) < 4.78 is 5.40. The smallest absolute Gasteiger partial charge is 0.260 e. The van der Waals surface area contributed by atoms with Crippen LogP contribution in [-0.2, 0) is 0 Å². The van der Waals surface area contributed by atoms with Crippen LogP contribution in [0.3, 0.4) is 0 Å². The van der Waals surface area contributed by atoms with Gasteiger partial charge in [0.25, 0.3) is 5.91 Å². The van der Waals surface area contributed by atoms with Crippen LogP contribution in [-0.4, -0.2) is 29.0 Å². The molecule has 1 fully saturated rings. The Kier molecular flexibility index (Phi) is 4.32. The highest BCUT2D eigenvalue weighted by Gasteiger charge is 2.18. The maximum absolute atomic E-state index is 12.3. The fourth-order valence-electron chi connectivity index (χ4n) is 2.87. The molecule has 0 saturated carbocycles. The third-order valence-electron chi connectivity index (χ3n) is 4.29. The number of hydrogen-bond acceptors (Lipinski definition) is 5. The second-order valence-electron chi connectivity index (χ2n) is 6.21. The van der Waals surface area contributed by atoms with Gasteiger partial charge in [-0.1, -0.05) is 6.92 Å². The zero-order valence-corrected chi connectivity index (χ0v) is 13.8. The molecule has 2 aromatic rings. The molecule has 0 atom stereocenters. The first-order valence-electron chi connectivity index (χ1n) is 7.98. The summed E-state index contributed by atoms with van der Waals surface area (Å²) in [5, 5.41) is 2.82. The van der Waals surface area contributed by atoms with Crippen LogP contribution in [0.1, 0.15) is 41.6 Å². The average molecular weight is 314 g/mol. The van der Waals surface area contributed by atoms with Gasteiger partial charge in [-0.15, -0.1) is 0 Å². The number of rotatable bonds is 3. The highest BCUT2D eigenvalue weighted by atomic mass is 16.3. The quantitative estimate of drug-likeness (QED) is 0.942. The lowest BCUT2D eigenvalue weighted by molar-refractivity contribution is 0.102. The highest BCUT2D eigenvalue weighted by molar-refractivity contribution is 6.04. The average Bonchev–Trinajstić information content (AvgIpc) is 2.87. The highest BCUT2D eigenvalue weighted by Crippen LogP contribution is 2.23. The van der Waals surface area contributed by atoms with E-state index >= 15 is 0 Å². The van der Waals surface area contributed by atoms with Crippen molar-refractivity contribution in [1.29, 1.82) is 0 Å². The summed E-state index contributed by atoms with van der Waals surface area (Å²) in [5.74, 6) is 3.26. The molecule has 6 nitrogen and oxygen atoms in total. The molecule has 1 N–H and O–H groups in total. The van der Waals surface area contributed by atoms with E-state index in [4.69, 9.17) is 4.42 Å². The van der Waals surface area contributed by atoms with Gasteiger partial charge in [0.2, 0.25) is 0 Å². The van der Waals surface area contributed by atoms with Crippen molar-refractivity contribution in [2.75, 3.05) is 23.3 Å². The van der Waals surface area contributed by atoms with Crippen molar-refractivity contribution in [3.8, 4) is 0 Å². The van der Waals surface area contributed by atoms with Crippen molar-refractivity contribution in [3.63, 3.8) is 0 Å². The number of hydrogen-bond donors (Lipinski definition) is 1. The first-order valence-corrected chi connectivity index (χ1v) is 7.98. The molecular formula is C17H22N4O2. The third kappa shape index (κ3) is 3.52. The topological polar surface area (TPSA) is 71.3 Å². The Labute approximate surface area is 135 Å². The number of nitrogens with one attached hydrogen (secondary N) is 1. The van der Waals surface area contributed by atoms with Gasteiger partial charge >= 0.3 is 0 Å². The first-order chi connectivity index (χ1) is 11.0. The summed E-state index contributed by atoms with van der Waals surface area (Å²) in [7, 11) is 0. The van der Waals surface area contributed by atoms with Crippen LogP contribution in [0.4, 0.5) is 11.6 Å². The summed E-state index contributed by atoms with van der Waals surface area (Å²) in [4.78, 5) is 23.1. The van der Waals surface area contributed by atoms with E-state index in [0.717, 1.165) is 30.6 Å². The SMILES string of the molecule is Cc1cc(C(=O)Nc2cc(N3CCC(C)CC3)ncn2)c(C)o1. The molecule has 1 aliphatic heterocycles. The van der Waals surface area contributed by atoms with Crippen LogP contribution >= 0.6 is 0 Å². The molecule has 0 aliphatic carbocycles. The second kappa shape index (κ2) is 6.40. The van der Waals surface area contributed by atoms with Crippen LogP contribution in [0.15, 0.2) is 22.9 Å². The maximum Gasteiger partial charge on any atom is 0.260 e. The lowest BCUT2D eigenvalue weighted by atomic mass is 9.99. The van der Waals surface area contributed by atoms with E-state index < -0.39 is 0 Å². The van der Waals surface area contributed by atoms with Gasteiger partial charge in [0, 0.05) is 19.2 Å². The number of amides is 1. The molecular weight excluding hydrogens is 292 g/mol. The molecule has 6 heteroatoms. The zero-order chi connectivity index (χ0) is 16.4. The van der Waals surface area contributed by atoms with Gasteiger partial charge in [-0.25, -0.2) is 9.97 Å². The Morgan fingerprint density at radius 2 is 2.00 bits per heavy atom. The number of piperidine rings is 1. The van der Waals surface area contributed by atoms with Crippen LogP contribution in [0.2, 0.25) is 0 Å². The number of aromatic nitrogens is 2. The Bertz CT molecular complexity index is 702. The zero-order valence-electron chi connectivity index (χ0n) is 13.8. The Hall–Kier alpha value is -2.37. The minimum Gasteiger partial charge on any atom is -0.466 e. The number of furan rings is 1. The van der Waals surface area contributed by atoms with Crippen LogP contribution in [0.5, 0.6) is 0 Å². The molecule has 3 heterocycles. The van der Waals surface area contributed by atoms with Crippen molar-refractivity contribution >= 4 is 17.5 Å². The molecule has 0 radical (unpaired) electrons. The number of aryl methyl sites for hydroxylation is 2. The molecule has 0 aromatic carbocycles. The largest absolute Gasteiger partial charge is 0.466 e. The molecule has 1 amide bonds. The van der Waals surface area contributed by atoms with Crippen LogP contribution < -0.4 is 10.2 Å². The van der Waals surface area contributed by atoms with Crippen molar-refractivity contribution in [2.24, 2.45) is 5.92 Å². The van der Waals surface area contributed by atoms with E-state index in [1.807, 2.05) is 13.0 Å². The van der Waals surface area contributed by atoms with E-state index in [1.165, 1.54) is 19.2 Å². The Morgan fingerprint density at radius 1 is 1.26 bits per heavy atom. The molecule has 1 saturated heterocycles. The van der Waals surface area contributed by atoms with E-state index in [0.29, 0.717) is 17.1 Å². The Morgan fingerprint density at radius 3 is 2.65 bits per heavy atom. The molecule has 23 heavy (non-hydrogen) atoms. The molecule has 3 rings (SSSR count). The molecule has 0 spiro atoms. The lowest BCUT2D eigenvalue weighted by Crippen LogP contribution is -2.33. The number of carbonyl (C=O) groups is 1. The lowest BCUT2D eigenvalue weighted by Gasteiger charge is -2.31. The van der Waals surface area contributed by atoms with Gasteiger partial charge in [0.15, 0.2) is 0 Å². The van der Waals surface area contributed by atoms with E-state index in [9.17, 15) is 4.79 Å². The maximum atomic E-state index is 12.3. The minimum atomic E-state index is -0.212.